The summed E-state index contributed by atoms with van der Waals surface area (Å²) in [4.78, 5) is 0. The van der Waals surface area contributed by atoms with E-state index >= 15 is 0 Å². The van der Waals surface area contributed by atoms with Crippen molar-refractivity contribution in [1.29, 1.82) is 0 Å². The molecule has 18 heavy (non-hydrogen) atoms. The number of hydrogen-bond donors (Lipinski definition) is 0. The largest absolute Gasteiger partial charge is 0.489 e. The van der Waals surface area contributed by atoms with Crippen LogP contribution >= 0.6 is 15.9 Å². The maximum Gasteiger partial charge on any atom is 0.137 e. The van der Waals surface area contributed by atoms with E-state index in [1.165, 1.54) is 11.6 Å². The second kappa shape index (κ2) is 6.01. The summed E-state index contributed by atoms with van der Waals surface area (Å²) in [6.45, 7) is 2.46. The van der Waals surface area contributed by atoms with E-state index in [2.05, 4.69) is 22.9 Å². The molecule has 0 saturated heterocycles. The van der Waals surface area contributed by atoms with E-state index in [0.29, 0.717) is 11.1 Å². The van der Waals surface area contributed by atoms with Crippen molar-refractivity contribution in [3.63, 3.8) is 0 Å². The molecule has 0 unspecified atom stereocenters. The van der Waals surface area contributed by atoms with Gasteiger partial charge in [0.05, 0.1) is 4.47 Å². The molecule has 0 saturated carbocycles. The van der Waals surface area contributed by atoms with Gasteiger partial charge >= 0.3 is 0 Å². The van der Waals surface area contributed by atoms with Crippen molar-refractivity contribution < 1.29 is 9.13 Å². The van der Waals surface area contributed by atoms with Crippen molar-refractivity contribution in [2.45, 2.75) is 20.0 Å². The third-order valence-electron chi connectivity index (χ3n) is 2.76. The van der Waals surface area contributed by atoms with E-state index in [1.807, 2.05) is 30.3 Å². The third-order valence-corrected chi connectivity index (χ3v) is 3.65. The maximum absolute atomic E-state index is 13.3. The first-order valence-corrected chi connectivity index (χ1v) is 6.64. The van der Waals surface area contributed by atoms with Crippen LogP contribution in [0.5, 0.6) is 5.75 Å². The molecule has 0 fully saturated rings. The van der Waals surface area contributed by atoms with Gasteiger partial charge in [0, 0.05) is 5.56 Å². The average molecular weight is 309 g/mol. The van der Waals surface area contributed by atoms with Crippen LogP contribution in [0.3, 0.4) is 0 Å². The molecule has 94 valence electrons. The number of rotatable bonds is 4. The highest BCUT2D eigenvalue weighted by Crippen LogP contribution is 2.22. The lowest BCUT2D eigenvalue weighted by Gasteiger charge is -2.08. The molecular formula is C15H14BrFO. The maximum atomic E-state index is 13.3. The van der Waals surface area contributed by atoms with Crippen molar-refractivity contribution >= 4 is 15.9 Å². The van der Waals surface area contributed by atoms with Crippen molar-refractivity contribution in [3.8, 4) is 5.75 Å². The van der Waals surface area contributed by atoms with E-state index in [1.54, 1.807) is 6.07 Å². The van der Waals surface area contributed by atoms with Gasteiger partial charge in [-0.2, -0.15) is 0 Å². The molecule has 2 aromatic carbocycles. The molecule has 0 aliphatic carbocycles. The molecule has 1 nitrogen and oxygen atoms in total. The smallest absolute Gasteiger partial charge is 0.137 e. The summed E-state index contributed by atoms with van der Waals surface area (Å²) < 4.78 is 19.4. The lowest BCUT2D eigenvalue weighted by atomic mass is 10.2. The molecule has 0 radical (unpaired) electrons. The Morgan fingerprint density at radius 1 is 1.11 bits per heavy atom. The van der Waals surface area contributed by atoms with Gasteiger partial charge in [-0.3, -0.25) is 0 Å². The minimum Gasteiger partial charge on any atom is -0.489 e. The molecule has 0 aliphatic heterocycles. The molecule has 2 aromatic rings. The Labute approximate surface area is 115 Å². The minimum absolute atomic E-state index is 0.266. The molecule has 3 heteroatoms. The molecular weight excluding hydrogens is 295 g/mol. The van der Waals surface area contributed by atoms with Crippen LogP contribution in [0.2, 0.25) is 0 Å². The topological polar surface area (TPSA) is 9.23 Å². The van der Waals surface area contributed by atoms with E-state index in [9.17, 15) is 4.39 Å². The Balaban J connectivity index is 2.04. The van der Waals surface area contributed by atoms with Gasteiger partial charge in [-0.25, -0.2) is 4.39 Å². The van der Waals surface area contributed by atoms with Gasteiger partial charge < -0.3 is 4.74 Å². The van der Waals surface area contributed by atoms with Gasteiger partial charge in [-0.05, 0) is 46.1 Å². The van der Waals surface area contributed by atoms with Gasteiger partial charge in [-0.1, -0.05) is 31.2 Å². The van der Waals surface area contributed by atoms with Crippen LogP contribution in [0.15, 0.2) is 46.9 Å². The predicted molar refractivity (Wildman–Crippen MR) is 74.3 cm³/mol. The lowest BCUT2D eigenvalue weighted by molar-refractivity contribution is 0.304. The summed E-state index contributed by atoms with van der Waals surface area (Å²) in [5, 5.41) is 0. The van der Waals surface area contributed by atoms with E-state index in [0.717, 1.165) is 17.7 Å². The number of ether oxygens (including phenoxy) is 1. The van der Waals surface area contributed by atoms with Gasteiger partial charge in [0.15, 0.2) is 0 Å². The molecule has 0 bridgehead atoms. The van der Waals surface area contributed by atoms with Gasteiger partial charge in [0.2, 0.25) is 0 Å². The number of aryl methyl sites for hydroxylation is 1. The highest BCUT2D eigenvalue weighted by Gasteiger charge is 2.05. The van der Waals surface area contributed by atoms with E-state index in [-0.39, 0.29) is 5.82 Å². The zero-order valence-electron chi connectivity index (χ0n) is 10.1. The highest BCUT2D eigenvalue weighted by atomic mass is 79.9. The first kappa shape index (κ1) is 13.1. The lowest BCUT2D eigenvalue weighted by Crippen LogP contribution is -1.97. The van der Waals surface area contributed by atoms with Gasteiger partial charge in [0.25, 0.3) is 0 Å². The van der Waals surface area contributed by atoms with Crippen LogP contribution in [0.1, 0.15) is 18.1 Å². The molecule has 0 atom stereocenters. The Hall–Kier alpha value is -1.35. The van der Waals surface area contributed by atoms with Crippen molar-refractivity contribution in [2.75, 3.05) is 0 Å². The Bertz CT molecular complexity index is 523. The number of hydrogen-bond acceptors (Lipinski definition) is 1. The number of benzene rings is 2. The molecule has 0 N–H and O–H groups in total. The second-order valence-corrected chi connectivity index (χ2v) is 4.79. The molecule has 0 amide bonds. The van der Waals surface area contributed by atoms with Crippen LogP contribution < -0.4 is 4.74 Å². The summed E-state index contributed by atoms with van der Waals surface area (Å²) in [5.74, 6) is 0.529. The zero-order chi connectivity index (χ0) is 13.0. The fourth-order valence-electron chi connectivity index (χ4n) is 1.64. The monoisotopic (exact) mass is 308 g/mol. The van der Waals surface area contributed by atoms with Crippen molar-refractivity contribution in [2.24, 2.45) is 0 Å². The standard InChI is InChI=1S/C15H14BrFO/c1-2-11-6-8-13(9-7-11)18-10-12-4-3-5-14(17)15(12)16/h3-9H,2,10H2,1H3. The molecule has 2 rings (SSSR count). The van der Waals surface area contributed by atoms with Crippen LogP contribution in [0.4, 0.5) is 4.39 Å². The first-order chi connectivity index (χ1) is 8.70. The summed E-state index contributed by atoms with van der Waals surface area (Å²) >= 11 is 3.22. The van der Waals surface area contributed by atoms with Crippen LogP contribution in [0, 0.1) is 5.82 Å². The van der Waals surface area contributed by atoms with Gasteiger partial charge in [0.1, 0.15) is 18.2 Å². The second-order valence-electron chi connectivity index (χ2n) is 4.00. The van der Waals surface area contributed by atoms with Crippen LogP contribution in [-0.4, -0.2) is 0 Å². The summed E-state index contributed by atoms with van der Waals surface area (Å²) in [7, 11) is 0. The quantitative estimate of drug-likeness (QED) is 0.793. The average Bonchev–Trinajstić information content (AvgIpc) is 2.41. The molecule has 0 heterocycles. The molecule has 0 spiro atoms. The van der Waals surface area contributed by atoms with E-state index < -0.39 is 0 Å². The van der Waals surface area contributed by atoms with E-state index in [4.69, 9.17) is 4.74 Å². The summed E-state index contributed by atoms with van der Waals surface area (Å²) in [6.07, 6.45) is 1.01. The fraction of sp³-hybridized carbons (Fsp3) is 0.200. The molecule has 0 aliphatic rings. The van der Waals surface area contributed by atoms with Crippen LogP contribution in [-0.2, 0) is 13.0 Å². The zero-order valence-corrected chi connectivity index (χ0v) is 11.7. The normalized spacial score (nSPS) is 10.4. The van der Waals surface area contributed by atoms with Crippen molar-refractivity contribution in [1.82, 2.24) is 0 Å². The van der Waals surface area contributed by atoms with Crippen LogP contribution in [0.25, 0.3) is 0 Å². The van der Waals surface area contributed by atoms with Crippen molar-refractivity contribution in [3.05, 3.63) is 63.9 Å². The third kappa shape index (κ3) is 3.10. The fourth-order valence-corrected chi connectivity index (χ4v) is 2.02. The molecule has 0 aromatic heterocycles. The summed E-state index contributed by atoms with van der Waals surface area (Å²) in [6, 6.07) is 12.9. The highest BCUT2D eigenvalue weighted by molar-refractivity contribution is 9.10. The minimum atomic E-state index is -0.266. The summed E-state index contributed by atoms with van der Waals surface area (Å²) in [5.41, 5.74) is 2.07. The Morgan fingerprint density at radius 3 is 2.50 bits per heavy atom. The SMILES string of the molecule is CCc1ccc(OCc2cccc(F)c2Br)cc1. The first-order valence-electron chi connectivity index (χ1n) is 5.85. The number of halogens is 2. The predicted octanol–water partition coefficient (Wildman–Crippen LogP) is 4.73. The van der Waals surface area contributed by atoms with Gasteiger partial charge in [-0.15, -0.1) is 0 Å². The Morgan fingerprint density at radius 2 is 1.83 bits per heavy atom. The Kier molecular flexibility index (Phi) is 4.37.